The average molecular weight is 202 g/mol. The Morgan fingerprint density at radius 1 is 1.23 bits per heavy atom. The van der Waals surface area contributed by atoms with E-state index < -0.39 is 8.48 Å². The Balaban J connectivity index is 2.45. The summed E-state index contributed by atoms with van der Waals surface area (Å²) in [4.78, 5) is 0. The molecule has 0 amide bonds. The van der Waals surface area contributed by atoms with Crippen LogP contribution in [0, 0.1) is 0 Å². The van der Waals surface area contributed by atoms with E-state index in [2.05, 4.69) is 36.8 Å². The number of piperazine rings is 1. The monoisotopic (exact) mass is 202 g/mol. The molecule has 0 aromatic heterocycles. The van der Waals surface area contributed by atoms with Gasteiger partial charge in [0.2, 0.25) is 0 Å². The summed E-state index contributed by atoms with van der Waals surface area (Å²) in [7, 11) is -1.57. The van der Waals surface area contributed by atoms with E-state index >= 15 is 0 Å². The SMILES string of the molecule is CC(C)O[Si](C)(C)N1CCNCC1. The third-order valence-electron chi connectivity index (χ3n) is 2.40. The minimum atomic E-state index is -1.57. The molecule has 78 valence electrons. The topological polar surface area (TPSA) is 24.5 Å². The lowest BCUT2D eigenvalue weighted by atomic mass is 10.4. The van der Waals surface area contributed by atoms with Gasteiger partial charge in [-0.2, -0.15) is 0 Å². The second-order valence-electron chi connectivity index (χ2n) is 4.35. The summed E-state index contributed by atoms with van der Waals surface area (Å²) in [6.45, 7) is 13.3. The van der Waals surface area contributed by atoms with E-state index in [4.69, 9.17) is 4.43 Å². The van der Waals surface area contributed by atoms with Gasteiger partial charge >= 0.3 is 0 Å². The predicted octanol–water partition coefficient (Wildman–Crippen LogP) is 1.02. The molecular weight excluding hydrogens is 180 g/mol. The van der Waals surface area contributed by atoms with E-state index in [-0.39, 0.29) is 0 Å². The highest BCUT2D eigenvalue weighted by Gasteiger charge is 2.32. The van der Waals surface area contributed by atoms with E-state index in [0.29, 0.717) is 6.10 Å². The normalized spacial score (nSPS) is 21.0. The van der Waals surface area contributed by atoms with Crippen LogP contribution in [0.3, 0.4) is 0 Å². The molecule has 4 heteroatoms. The van der Waals surface area contributed by atoms with Gasteiger partial charge in [-0.25, -0.2) is 0 Å². The zero-order valence-electron chi connectivity index (χ0n) is 9.26. The summed E-state index contributed by atoms with van der Waals surface area (Å²) in [6.07, 6.45) is 0.358. The molecule has 0 aliphatic carbocycles. The Morgan fingerprint density at radius 3 is 2.23 bits per heavy atom. The van der Waals surface area contributed by atoms with Gasteiger partial charge in [-0.05, 0) is 26.9 Å². The van der Waals surface area contributed by atoms with E-state index in [1.807, 2.05) is 0 Å². The molecule has 1 aliphatic heterocycles. The van der Waals surface area contributed by atoms with Crippen molar-refractivity contribution in [1.29, 1.82) is 0 Å². The van der Waals surface area contributed by atoms with E-state index in [0.717, 1.165) is 26.2 Å². The first kappa shape index (κ1) is 11.2. The molecule has 1 aliphatic rings. The molecule has 13 heavy (non-hydrogen) atoms. The van der Waals surface area contributed by atoms with Gasteiger partial charge in [-0.15, -0.1) is 0 Å². The van der Waals surface area contributed by atoms with Crippen molar-refractivity contribution in [2.45, 2.75) is 33.0 Å². The van der Waals surface area contributed by atoms with Crippen molar-refractivity contribution in [3.8, 4) is 0 Å². The van der Waals surface area contributed by atoms with E-state index in [1.54, 1.807) is 0 Å². The Bertz CT molecular complexity index is 156. The van der Waals surface area contributed by atoms with Crippen LogP contribution in [0.5, 0.6) is 0 Å². The molecule has 1 saturated heterocycles. The maximum Gasteiger partial charge on any atom is 0.265 e. The standard InChI is InChI=1S/C9H22N2OSi/c1-9(2)12-13(3,4)11-7-5-10-6-8-11/h9-10H,5-8H2,1-4H3. The fourth-order valence-electron chi connectivity index (χ4n) is 1.85. The summed E-state index contributed by atoms with van der Waals surface area (Å²) in [5.41, 5.74) is 0. The van der Waals surface area contributed by atoms with Gasteiger partial charge in [0.05, 0.1) is 0 Å². The van der Waals surface area contributed by atoms with Crippen LogP contribution >= 0.6 is 0 Å². The number of rotatable bonds is 3. The lowest BCUT2D eigenvalue weighted by molar-refractivity contribution is 0.181. The first-order chi connectivity index (χ1) is 6.02. The first-order valence-electron chi connectivity index (χ1n) is 5.16. The van der Waals surface area contributed by atoms with Gasteiger partial charge in [0.25, 0.3) is 8.48 Å². The number of nitrogens with zero attached hydrogens (tertiary/aromatic N) is 1. The molecular formula is C9H22N2OSi. The summed E-state index contributed by atoms with van der Waals surface area (Å²) < 4.78 is 8.55. The van der Waals surface area contributed by atoms with Crippen LogP contribution in [-0.4, -0.2) is 45.3 Å². The lowest BCUT2D eigenvalue weighted by Gasteiger charge is -2.39. The highest BCUT2D eigenvalue weighted by atomic mass is 28.4. The molecule has 0 aromatic rings. The van der Waals surface area contributed by atoms with Crippen LogP contribution in [0.25, 0.3) is 0 Å². The van der Waals surface area contributed by atoms with Crippen LogP contribution < -0.4 is 5.32 Å². The number of nitrogens with one attached hydrogen (secondary N) is 1. The second kappa shape index (κ2) is 4.55. The summed E-state index contributed by atoms with van der Waals surface area (Å²) in [6, 6.07) is 0. The summed E-state index contributed by atoms with van der Waals surface area (Å²) in [5.74, 6) is 0. The van der Waals surface area contributed by atoms with Crippen molar-refractivity contribution >= 4 is 8.48 Å². The molecule has 3 nitrogen and oxygen atoms in total. The van der Waals surface area contributed by atoms with Crippen molar-refractivity contribution in [1.82, 2.24) is 9.88 Å². The van der Waals surface area contributed by atoms with Crippen molar-refractivity contribution in [2.24, 2.45) is 0 Å². The molecule has 0 spiro atoms. The molecule has 1 N–H and O–H groups in total. The summed E-state index contributed by atoms with van der Waals surface area (Å²) in [5, 5.41) is 3.37. The van der Waals surface area contributed by atoms with Gasteiger partial charge in [0, 0.05) is 32.3 Å². The molecule has 0 bridgehead atoms. The molecule has 1 rings (SSSR count). The molecule has 0 radical (unpaired) electrons. The molecule has 0 aromatic carbocycles. The van der Waals surface area contributed by atoms with Gasteiger partial charge in [0.1, 0.15) is 0 Å². The smallest absolute Gasteiger partial charge is 0.265 e. The molecule has 0 saturated carbocycles. The second-order valence-corrected chi connectivity index (χ2v) is 8.11. The zero-order valence-corrected chi connectivity index (χ0v) is 10.3. The van der Waals surface area contributed by atoms with Crippen LogP contribution in [0.4, 0.5) is 0 Å². The van der Waals surface area contributed by atoms with Gasteiger partial charge in [-0.3, -0.25) is 0 Å². The summed E-state index contributed by atoms with van der Waals surface area (Å²) >= 11 is 0. The van der Waals surface area contributed by atoms with Crippen LogP contribution in [0.15, 0.2) is 0 Å². The molecule has 1 fully saturated rings. The lowest BCUT2D eigenvalue weighted by Crippen LogP contribution is -2.58. The third-order valence-corrected chi connectivity index (χ3v) is 5.42. The first-order valence-corrected chi connectivity index (χ1v) is 8.01. The minimum absolute atomic E-state index is 0.358. The largest absolute Gasteiger partial charge is 0.401 e. The van der Waals surface area contributed by atoms with Crippen LogP contribution in [0.1, 0.15) is 13.8 Å². The van der Waals surface area contributed by atoms with Crippen molar-refractivity contribution in [2.75, 3.05) is 26.2 Å². The molecule has 0 atom stereocenters. The van der Waals surface area contributed by atoms with E-state index in [1.165, 1.54) is 0 Å². The van der Waals surface area contributed by atoms with Crippen LogP contribution in [0.2, 0.25) is 13.1 Å². The minimum Gasteiger partial charge on any atom is -0.401 e. The predicted molar refractivity (Wildman–Crippen MR) is 58.1 cm³/mol. The Hall–Kier alpha value is 0.0969. The quantitative estimate of drug-likeness (QED) is 0.692. The van der Waals surface area contributed by atoms with Crippen molar-refractivity contribution < 1.29 is 4.43 Å². The number of hydrogen-bond donors (Lipinski definition) is 1. The third kappa shape index (κ3) is 3.38. The van der Waals surface area contributed by atoms with E-state index in [9.17, 15) is 0 Å². The molecule has 1 heterocycles. The fourth-order valence-corrected chi connectivity index (χ4v) is 4.46. The van der Waals surface area contributed by atoms with Crippen molar-refractivity contribution in [3.63, 3.8) is 0 Å². The molecule has 0 unspecified atom stereocenters. The van der Waals surface area contributed by atoms with Crippen LogP contribution in [-0.2, 0) is 4.43 Å². The van der Waals surface area contributed by atoms with Crippen molar-refractivity contribution in [3.05, 3.63) is 0 Å². The zero-order chi connectivity index (χ0) is 9.90. The fraction of sp³-hybridized carbons (Fsp3) is 1.00. The maximum atomic E-state index is 6.01. The highest BCUT2D eigenvalue weighted by Crippen LogP contribution is 2.14. The van der Waals surface area contributed by atoms with Gasteiger partial charge in [-0.1, -0.05) is 0 Å². The Morgan fingerprint density at radius 2 is 1.77 bits per heavy atom. The van der Waals surface area contributed by atoms with Gasteiger partial charge in [0.15, 0.2) is 0 Å². The Kier molecular flexibility index (Phi) is 3.91. The number of hydrogen-bond acceptors (Lipinski definition) is 3. The van der Waals surface area contributed by atoms with Gasteiger partial charge < -0.3 is 14.3 Å². The average Bonchev–Trinajstić information content (AvgIpc) is 2.04. The highest BCUT2D eigenvalue weighted by molar-refractivity contribution is 6.68. The maximum absolute atomic E-state index is 6.01. The Labute approximate surface area is 82.7 Å².